The van der Waals surface area contributed by atoms with Crippen LogP contribution in [-0.2, 0) is 0 Å². The molecule has 72 valence electrons. The van der Waals surface area contributed by atoms with Gasteiger partial charge in [0, 0.05) is 0 Å². The molecule has 9 nitrogen and oxygen atoms in total. The van der Waals surface area contributed by atoms with E-state index in [1.165, 1.54) is 0 Å². The highest BCUT2D eigenvalue weighted by Gasteiger charge is 1.70. The van der Waals surface area contributed by atoms with E-state index in [1.807, 2.05) is 0 Å². The molecule has 0 aliphatic carbocycles. The molecule has 8 N–H and O–H groups in total. The van der Waals surface area contributed by atoms with Crippen LogP contribution in [0.25, 0.3) is 0 Å². The van der Waals surface area contributed by atoms with Gasteiger partial charge in [0.15, 0.2) is 0 Å². The van der Waals surface area contributed by atoms with Crippen molar-refractivity contribution in [2.45, 2.75) is 0 Å². The second-order valence-electron chi connectivity index (χ2n) is 0.959. The third kappa shape index (κ3) is 75.5. The summed E-state index contributed by atoms with van der Waals surface area (Å²) in [5.41, 5.74) is 8.06. The third-order valence-corrected chi connectivity index (χ3v) is 0. The van der Waals surface area contributed by atoms with Crippen LogP contribution in [0.5, 0.6) is 0 Å². The van der Waals surface area contributed by atoms with Gasteiger partial charge in [-0.25, -0.2) is 14.4 Å². The number of primary amides is 2. The first kappa shape index (κ1) is 16.4. The minimum Gasteiger partial charge on any atom is -0.465 e. The van der Waals surface area contributed by atoms with Crippen LogP contribution in [-0.4, -0.2) is 38.8 Å². The SMILES string of the molecule is NC(=O)O.NC(=O)O.O=C(O)O. The van der Waals surface area contributed by atoms with Gasteiger partial charge in [0.2, 0.25) is 0 Å². The summed E-state index contributed by atoms with van der Waals surface area (Å²) in [5, 5.41) is 28.3. The molecule has 0 fully saturated rings. The molecular weight excluding hydrogens is 176 g/mol. The van der Waals surface area contributed by atoms with Gasteiger partial charge < -0.3 is 31.9 Å². The standard InChI is InChI=1S/2CH3NO2.CH2O3/c3*2-1(3)4/h2*2H2,(H,3,4);(H2,2,3,4). The van der Waals surface area contributed by atoms with Crippen LogP contribution in [0.1, 0.15) is 0 Å². The van der Waals surface area contributed by atoms with Crippen molar-refractivity contribution in [1.29, 1.82) is 0 Å². The quantitative estimate of drug-likeness (QED) is 0.292. The highest BCUT2D eigenvalue weighted by molar-refractivity contribution is 5.61. The number of amides is 2. The minimum atomic E-state index is -1.83. The highest BCUT2D eigenvalue weighted by atomic mass is 16.6. The number of nitrogens with two attached hydrogens (primary N) is 2. The zero-order valence-corrected chi connectivity index (χ0v) is 5.67. The number of carbonyl (C=O) groups is 3. The fourth-order valence-corrected chi connectivity index (χ4v) is 0. The topological polar surface area (TPSA) is 184 Å². The predicted molar refractivity (Wildman–Crippen MR) is 35.1 cm³/mol. The maximum atomic E-state index is 8.78. The van der Waals surface area contributed by atoms with Crippen LogP contribution in [0.15, 0.2) is 0 Å². The molecule has 0 bridgehead atoms. The molecule has 0 aromatic rings. The Hall–Kier alpha value is -2.19. The van der Waals surface area contributed by atoms with Crippen LogP contribution in [0, 0.1) is 0 Å². The van der Waals surface area contributed by atoms with Gasteiger partial charge in [-0.15, -0.1) is 0 Å². The largest absolute Gasteiger partial charge is 0.503 e. The Morgan fingerprint density at radius 3 is 0.750 bits per heavy atom. The van der Waals surface area contributed by atoms with Crippen LogP contribution >= 0.6 is 0 Å². The normalized spacial score (nSPS) is 6.00. The van der Waals surface area contributed by atoms with E-state index in [4.69, 9.17) is 34.8 Å². The third-order valence-electron chi connectivity index (χ3n) is 0. The van der Waals surface area contributed by atoms with Crippen LogP contribution < -0.4 is 11.5 Å². The van der Waals surface area contributed by atoms with Crippen molar-refractivity contribution in [2.75, 3.05) is 0 Å². The van der Waals surface area contributed by atoms with E-state index in [1.54, 1.807) is 0 Å². The lowest BCUT2D eigenvalue weighted by Crippen LogP contribution is -2.03. The molecule has 0 saturated heterocycles. The first-order valence-corrected chi connectivity index (χ1v) is 2.08. The van der Waals surface area contributed by atoms with Crippen molar-refractivity contribution >= 4 is 18.3 Å². The molecule has 0 unspecified atom stereocenters. The van der Waals surface area contributed by atoms with E-state index in [2.05, 4.69) is 11.5 Å². The Balaban J connectivity index is -0.000000101. The Kier molecular flexibility index (Phi) is 15.9. The van der Waals surface area contributed by atoms with Crippen molar-refractivity contribution in [3.05, 3.63) is 0 Å². The molecule has 9 heteroatoms. The van der Waals surface area contributed by atoms with E-state index < -0.39 is 18.3 Å². The molecule has 0 rings (SSSR count). The summed E-state index contributed by atoms with van der Waals surface area (Å²) in [7, 11) is 0. The highest BCUT2D eigenvalue weighted by Crippen LogP contribution is 1.42. The first-order valence-electron chi connectivity index (χ1n) is 2.08. The lowest BCUT2D eigenvalue weighted by atomic mass is 11.3. The summed E-state index contributed by atoms with van der Waals surface area (Å²) in [6.45, 7) is 0. The Labute approximate surface area is 65.8 Å². The monoisotopic (exact) mass is 184 g/mol. The number of hydrogen-bond donors (Lipinski definition) is 6. The van der Waals surface area contributed by atoms with Crippen molar-refractivity contribution in [3.8, 4) is 0 Å². The lowest BCUT2D eigenvalue weighted by molar-refractivity contribution is 0.136. The van der Waals surface area contributed by atoms with Gasteiger partial charge in [0.1, 0.15) is 0 Å². The molecule has 0 aromatic carbocycles. The summed E-state index contributed by atoms with van der Waals surface area (Å²) in [6, 6.07) is 0. The molecule has 0 heterocycles. The zero-order valence-electron chi connectivity index (χ0n) is 5.67. The number of carboxylic acid groups (broad SMARTS) is 4. The van der Waals surface area contributed by atoms with Crippen molar-refractivity contribution in [3.63, 3.8) is 0 Å². The van der Waals surface area contributed by atoms with E-state index >= 15 is 0 Å². The molecule has 0 aromatic heterocycles. The van der Waals surface area contributed by atoms with E-state index in [-0.39, 0.29) is 0 Å². The number of rotatable bonds is 0. The van der Waals surface area contributed by atoms with Crippen molar-refractivity contribution < 1.29 is 34.8 Å². The molecule has 0 spiro atoms. The smallest absolute Gasteiger partial charge is 0.465 e. The van der Waals surface area contributed by atoms with Crippen molar-refractivity contribution in [1.82, 2.24) is 0 Å². The minimum absolute atomic E-state index is 1.33. The molecule has 0 atom stereocenters. The molecule has 12 heavy (non-hydrogen) atoms. The first-order chi connectivity index (χ1) is 5.20. The molecule has 0 radical (unpaired) electrons. The Bertz CT molecular complexity index is 114. The van der Waals surface area contributed by atoms with Crippen molar-refractivity contribution in [2.24, 2.45) is 11.5 Å². The van der Waals surface area contributed by atoms with Gasteiger partial charge in [-0.1, -0.05) is 0 Å². The fourth-order valence-electron chi connectivity index (χ4n) is 0. The van der Waals surface area contributed by atoms with Gasteiger partial charge in [0.25, 0.3) is 0 Å². The van der Waals surface area contributed by atoms with Gasteiger partial charge >= 0.3 is 18.3 Å². The van der Waals surface area contributed by atoms with Gasteiger partial charge in [-0.05, 0) is 0 Å². The summed E-state index contributed by atoms with van der Waals surface area (Å²) >= 11 is 0. The Morgan fingerprint density at radius 1 is 0.750 bits per heavy atom. The lowest BCUT2D eigenvalue weighted by Gasteiger charge is -1.61. The van der Waals surface area contributed by atoms with Gasteiger partial charge in [0.05, 0.1) is 0 Å². The maximum absolute atomic E-state index is 8.78. The summed E-state index contributed by atoms with van der Waals surface area (Å²) < 4.78 is 0. The van der Waals surface area contributed by atoms with Crippen LogP contribution in [0.3, 0.4) is 0 Å². The maximum Gasteiger partial charge on any atom is 0.503 e. The van der Waals surface area contributed by atoms with E-state index in [0.29, 0.717) is 0 Å². The molecule has 2 amide bonds. The number of hydrogen-bond acceptors (Lipinski definition) is 3. The summed E-state index contributed by atoms with van der Waals surface area (Å²) in [5.74, 6) is 0. The Morgan fingerprint density at radius 2 is 0.750 bits per heavy atom. The summed E-state index contributed by atoms with van der Waals surface area (Å²) in [4.78, 5) is 26.1. The second-order valence-corrected chi connectivity index (χ2v) is 0.959. The van der Waals surface area contributed by atoms with Gasteiger partial charge in [-0.3, -0.25) is 0 Å². The van der Waals surface area contributed by atoms with Crippen LogP contribution in [0.4, 0.5) is 14.4 Å². The van der Waals surface area contributed by atoms with Gasteiger partial charge in [-0.2, -0.15) is 0 Å². The molecule has 0 aliphatic rings. The average Bonchev–Trinajstić information content (AvgIpc) is 1.54. The predicted octanol–water partition coefficient (Wildman–Crippen LogP) is -0.531. The van der Waals surface area contributed by atoms with E-state index in [9.17, 15) is 0 Å². The van der Waals surface area contributed by atoms with Crippen LogP contribution in [0.2, 0.25) is 0 Å². The van der Waals surface area contributed by atoms with E-state index in [0.717, 1.165) is 0 Å². The molecular formula is C3H8N2O7. The second kappa shape index (κ2) is 11.6. The molecule has 0 saturated carbocycles. The fraction of sp³-hybridized carbons (Fsp3) is 0. The molecule has 0 aliphatic heterocycles. The average molecular weight is 184 g/mol. The zero-order chi connectivity index (χ0) is 10.7. The summed E-state index contributed by atoms with van der Waals surface area (Å²) in [6.07, 6.45) is -4.50.